The number of nitrogens with zero attached hydrogens (tertiary/aromatic N) is 1. The van der Waals surface area contributed by atoms with Gasteiger partial charge in [0.1, 0.15) is 5.60 Å². The lowest BCUT2D eigenvalue weighted by Crippen LogP contribution is -2.33. The van der Waals surface area contributed by atoms with Crippen LogP contribution in [0.4, 0.5) is 4.79 Å². The van der Waals surface area contributed by atoms with Crippen molar-refractivity contribution in [1.82, 2.24) is 9.88 Å². The molecule has 0 saturated heterocycles. The predicted octanol–water partition coefficient (Wildman–Crippen LogP) is 3.56. The van der Waals surface area contributed by atoms with Crippen LogP contribution < -0.4 is 5.32 Å². The van der Waals surface area contributed by atoms with Crippen molar-refractivity contribution in [2.45, 2.75) is 46.3 Å². The fourth-order valence-electron chi connectivity index (χ4n) is 2.52. The number of carboxylic acids is 1. The second-order valence-electron chi connectivity index (χ2n) is 6.84. The quantitative estimate of drug-likeness (QED) is 0.820. The summed E-state index contributed by atoms with van der Waals surface area (Å²) >= 11 is 0. The Morgan fingerprint density at radius 2 is 2.00 bits per heavy atom. The van der Waals surface area contributed by atoms with Crippen molar-refractivity contribution in [2.75, 3.05) is 6.54 Å². The van der Waals surface area contributed by atoms with Crippen molar-refractivity contribution in [1.29, 1.82) is 0 Å². The number of ether oxygens (including phenoxy) is 1. The Labute approximate surface area is 141 Å². The molecular weight excluding hydrogens is 308 g/mol. The predicted molar refractivity (Wildman–Crippen MR) is 92.5 cm³/mol. The third kappa shape index (κ3) is 4.50. The Hall–Kier alpha value is -2.50. The van der Waals surface area contributed by atoms with E-state index >= 15 is 0 Å². The van der Waals surface area contributed by atoms with E-state index in [4.69, 9.17) is 4.74 Å². The van der Waals surface area contributed by atoms with E-state index in [0.29, 0.717) is 25.1 Å². The van der Waals surface area contributed by atoms with Crippen LogP contribution in [0.1, 0.15) is 43.1 Å². The van der Waals surface area contributed by atoms with Gasteiger partial charge < -0.3 is 19.7 Å². The fourth-order valence-corrected chi connectivity index (χ4v) is 2.52. The molecule has 0 aliphatic rings. The molecule has 0 radical (unpaired) electrons. The SMILES string of the molecule is Cc1ccc2c(c1)c(C(=O)O)cn2CCCNC(=O)OC(C)(C)C. The van der Waals surface area contributed by atoms with E-state index in [1.54, 1.807) is 6.20 Å². The number of benzene rings is 1. The van der Waals surface area contributed by atoms with Crippen LogP contribution in [0.2, 0.25) is 0 Å². The number of carbonyl (C=O) groups is 2. The monoisotopic (exact) mass is 332 g/mol. The lowest BCUT2D eigenvalue weighted by molar-refractivity contribution is 0.0526. The smallest absolute Gasteiger partial charge is 0.407 e. The van der Waals surface area contributed by atoms with E-state index in [0.717, 1.165) is 16.5 Å². The summed E-state index contributed by atoms with van der Waals surface area (Å²) in [5, 5.41) is 12.8. The molecule has 1 aromatic carbocycles. The number of nitrogens with one attached hydrogen (secondary N) is 1. The number of rotatable bonds is 5. The third-order valence-corrected chi connectivity index (χ3v) is 3.51. The molecule has 0 aliphatic heterocycles. The first kappa shape index (κ1) is 17.8. The summed E-state index contributed by atoms with van der Waals surface area (Å²) in [6.45, 7) is 8.45. The number of aryl methyl sites for hydroxylation is 2. The van der Waals surface area contributed by atoms with E-state index in [2.05, 4.69) is 5.32 Å². The number of aromatic nitrogens is 1. The first-order chi connectivity index (χ1) is 11.2. The van der Waals surface area contributed by atoms with Gasteiger partial charge in [-0.1, -0.05) is 11.6 Å². The molecule has 0 saturated carbocycles. The van der Waals surface area contributed by atoms with Crippen LogP contribution in [-0.2, 0) is 11.3 Å². The van der Waals surface area contributed by atoms with Crippen LogP contribution in [0.5, 0.6) is 0 Å². The van der Waals surface area contributed by atoms with Crippen molar-refractivity contribution in [2.24, 2.45) is 0 Å². The van der Waals surface area contributed by atoms with Gasteiger partial charge in [-0.2, -0.15) is 0 Å². The highest BCUT2D eigenvalue weighted by Crippen LogP contribution is 2.23. The summed E-state index contributed by atoms with van der Waals surface area (Å²) < 4.78 is 7.09. The first-order valence-corrected chi connectivity index (χ1v) is 7.97. The van der Waals surface area contributed by atoms with Gasteiger partial charge in [-0.25, -0.2) is 9.59 Å². The topological polar surface area (TPSA) is 80.6 Å². The van der Waals surface area contributed by atoms with Crippen LogP contribution in [-0.4, -0.2) is 33.9 Å². The zero-order valence-corrected chi connectivity index (χ0v) is 14.5. The molecule has 2 aromatic rings. The van der Waals surface area contributed by atoms with Gasteiger partial charge in [0.2, 0.25) is 0 Å². The second kappa shape index (κ2) is 6.95. The molecule has 1 amide bonds. The number of hydrogen-bond acceptors (Lipinski definition) is 3. The number of aromatic carboxylic acids is 1. The minimum Gasteiger partial charge on any atom is -0.478 e. The summed E-state index contributed by atoms with van der Waals surface area (Å²) in [4.78, 5) is 23.0. The minimum absolute atomic E-state index is 0.300. The third-order valence-electron chi connectivity index (χ3n) is 3.51. The Bertz CT molecular complexity index is 756. The Kier molecular flexibility index (Phi) is 5.17. The Balaban J connectivity index is 2.01. The summed E-state index contributed by atoms with van der Waals surface area (Å²) in [5.74, 6) is -0.934. The molecule has 0 spiro atoms. The van der Waals surface area contributed by atoms with Gasteiger partial charge >= 0.3 is 12.1 Å². The average Bonchev–Trinajstić information content (AvgIpc) is 2.80. The summed E-state index contributed by atoms with van der Waals surface area (Å²) in [6.07, 6.45) is 1.89. The van der Waals surface area contributed by atoms with Crippen molar-refractivity contribution in [3.63, 3.8) is 0 Å². The van der Waals surface area contributed by atoms with Gasteiger partial charge in [0, 0.05) is 30.2 Å². The maximum atomic E-state index is 11.6. The van der Waals surface area contributed by atoms with Crippen molar-refractivity contribution in [3.05, 3.63) is 35.5 Å². The maximum Gasteiger partial charge on any atom is 0.407 e. The second-order valence-corrected chi connectivity index (χ2v) is 6.84. The molecule has 24 heavy (non-hydrogen) atoms. The van der Waals surface area contributed by atoms with Gasteiger partial charge in [-0.15, -0.1) is 0 Å². The molecule has 2 N–H and O–H groups in total. The lowest BCUT2D eigenvalue weighted by atomic mass is 10.1. The zero-order chi connectivity index (χ0) is 17.9. The van der Waals surface area contributed by atoms with E-state index in [1.165, 1.54) is 0 Å². The highest BCUT2D eigenvalue weighted by molar-refractivity contribution is 6.03. The highest BCUT2D eigenvalue weighted by atomic mass is 16.6. The van der Waals surface area contributed by atoms with Crippen LogP contribution in [0, 0.1) is 6.92 Å². The highest BCUT2D eigenvalue weighted by Gasteiger charge is 2.16. The van der Waals surface area contributed by atoms with Crippen molar-refractivity contribution in [3.8, 4) is 0 Å². The van der Waals surface area contributed by atoms with Gasteiger partial charge in [0.05, 0.1) is 5.56 Å². The van der Waals surface area contributed by atoms with Gasteiger partial charge in [-0.3, -0.25) is 0 Å². The Morgan fingerprint density at radius 1 is 1.29 bits per heavy atom. The molecule has 1 aromatic heterocycles. The van der Waals surface area contributed by atoms with Crippen LogP contribution in [0.15, 0.2) is 24.4 Å². The standard InChI is InChI=1S/C18H24N2O4/c1-12-6-7-15-13(10-12)14(16(21)22)11-20(15)9-5-8-19-17(23)24-18(2,3)4/h6-7,10-11H,5,8-9H2,1-4H3,(H,19,23)(H,21,22). The number of amides is 1. The minimum atomic E-state index is -0.934. The molecule has 0 unspecified atom stereocenters. The normalized spacial score (nSPS) is 11.5. The fraction of sp³-hybridized carbons (Fsp3) is 0.444. The van der Waals surface area contributed by atoms with Crippen LogP contribution >= 0.6 is 0 Å². The lowest BCUT2D eigenvalue weighted by Gasteiger charge is -2.19. The van der Waals surface area contributed by atoms with Crippen molar-refractivity contribution < 1.29 is 19.4 Å². The molecule has 6 heteroatoms. The molecule has 0 aliphatic carbocycles. The zero-order valence-electron chi connectivity index (χ0n) is 14.5. The van der Waals surface area contributed by atoms with Gasteiger partial charge in [0.15, 0.2) is 0 Å². The van der Waals surface area contributed by atoms with E-state index < -0.39 is 17.7 Å². The Morgan fingerprint density at radius 3 is 2.62 bits per heavy atom. The van der Waals surface area contributed by atoms with E-state index in [1.807, 2.05) is 50.5 Å². The molecule has 130 valence electrons. The van der Waals surface area contributed by atoms with E-state index in [-0.39, 0.29) is 0 Å². The molecule has 0 atom stereocenters. The molecule has 1 heterocycles. The molecule has 2 rings (SSSR count). The summed E-state index contributed by atoms with van der Waals surface area (Å²) in [6, 6.07) is 5.77. The van der Waals surface area contributed by atoms with Gasteiger partial charge in [-0.05, 0) is 46.2 Å². The number of hydrogen-bond donors (Lipinski definition) is 2. The van der Waals surface area contributed by atoms with Crippen LogP contribution in [0.3, 0.4) is 0 Å². The summed E-state index contributed by atoms with van der Waals surface area (Å²) in [5.41, 5.74) is 1.69. The number of alkyl carbamates (subject to hydrolysis) is 1. The average molecular weight is 332 g/mol. The number of fused-ring (bicyclic) bond motifs is 1. The maximum absolute atomic E-state index is 11.6. The largest absolute Gasteiger partial charge is 0.478 e. The molecular formula is C18H24N2O4. The van der Waals surface area contributed by atoms with Crippen molar-refractivity contribution >= 4 is 23.0 Å². The molecule has 0 fully saturated rings. The number of carbonyl (C=O) groups excluding carboxylic acids is 1. The molecule has 6 nitrogen and oxygen atoms in total. The molecule has 0 bridgehead atoms. The summed E-state index contributed by atoms with van der Waals surface area (Å²) in [7, 11) is 0. The first-order valence-electron chi connectivity index (χ1n) is 7.97. The van der Waals surface area contributed by atoms with Crippen LogP contribution in [0.25, 0.3) is 10.9 Å². The number of carboxylic acid groups (broad SMARTS) is 1. The van der Waals surface area contributed by atoms with Gasteiger partial charge in [0.25, 0.3) is 0 Å². The van der Waals surface area contributed by atoms with E-state index in [9.17, 15) is 14.7 Å².